The van der Waals surface area contributed by atoms with Gasteiger partial charge in [0.15, 0.2) is 0 Å². The minimum Gasteiger partial charge on any atom is -0.361 e. The van der Waals surface area contributed by atoms with Crippen LogP contribution in [0.15, 0.2) is 79.1 Å². The summed E-state index contributed by atoms with van der Waals surface area (Å²) >= 11 is 0. The minimum absolute atomic E-state index is 0.138. The summed E-state index contributed by atoms with van der Waals surface area (Å²) in [5.74, 6) is -2.13. The summed E-state index contributed by atoms with van der Waals surface area (Å²) in [5.41, 5.74) is 2.24. The number of hydrogen-bond donors (Lipinski definition) is 1. The third-order valence-corrected chi connectivity index (χ3v) is 5.24. The van der Waals surface area contributed by atoms with Gasteiger partial charge >= 0.3 is 6.18 Å². The Balaban J connectivity index is 1.61. The average Bonchev–Trinajstić information content (AvgIpc) is 3.34. The van der Waals surface area contributed by atoms with Crippen LogP contribution >= 0.6 is 0 Å². The molecule has 2 heterocycles. The van der Waals surface area contributed by atoms with Crippen molar-refractivity contribution in [3.8, 4) is 5.69 Å². The minimum atomic E-state index is -4.46. The van der Waals surface area contributed by atoms with Gasteiger partial charge in [-0.1, -0.05) is 18.2 Å². The number of nitrogens with zero attached hydrogens (tertiary/aromatic N) is 2. The number of rotatable bonds is 3. The van der Waals surface area contributed by atoms with E-state index in [1.807, 2.05) is 6.07 Å². The lowest BCUT2D eigenvalue weighted by atomic mass is 9.89. The summed E-state index contributed by atoms with van der Waals surface area (Å²) < 4.78 is 56.9. The van der Waals surface area contributed by atoms with E-state index in [-0.39, 0.29) is 16.9 Å². The second-order valence-electron chi connectivity index (χ2n) is 7.15. The number of nitrogens with one attached hydrogen (secondary N) is 1. The summed E-state index contributed by atoms with van der Waals surface area (Å²) in [5, 5.41) is 5.71. The van der Waals surface area contributed by atoms with Crippen LogP contribution in [-0.4, -0.2) is 20.9 Å². The quantitative estimate of drug-likeness (QED) is 0.347. The molecule has 150 valence electrons. The summed E-state index contributed by atoms with van der Waals surface area (Å²) in [6.45, 7) is 0. The molecule has 0 saturated carbocycles. The Bertz CT molecular complexity index is 1350. The highest BCUT2D eigenvalue weighted by atomic mass is 19.4. The van der Waals surface area contributed by atoms with Crippen LogP contribution < -0.4 is 0 Å². The second kappa shape index (κ2) is 6.73. The predicted molar refractivity (Wildman–Crippen MR) is 107 cm³/mol. The van der Waals surface area contributed by atoms with Gasteiger partial charge in [0.25, 0.3) is 0 Å². The van der Waals surface area contributed by atoms with E-state index in [4.69, 9.17) is 0 Å². The van der Waals surface area contributed by atoms with Crippen LogP contribution in [0.2, 0.25) is 0 Å². The van der Waals surface area contributed by atoms with E-state index in [2.05, 4.69) is 10.1 Å². The molecule has 3 aromatic carbocycles. The van der Waals surface area contributed by atoms with E-state index >= 15 is 0 Å². The maximum atomic E-state index is 14.1. The molecule has 5 rings (SSSR count). The standard InChI is InChI=1S/C23H15F4N3/c24-18-4-6-19(7-5-18)30-21-8-3-15(11-17(21)13-29-30)22(23(25,26)27)16-2-1-14-9-10-28-20(14)12-16/h1-13,22,28H. The Morgan fingerprint density at radius 2 is 1.57 bits per heavy atom. The maximum absolute atomic E-state index is 14.1. The van der Waals surface area contributed by atoms with Crippen molar-refractivity contribution in [2.24, 2.45) is 0 Å². The van der Waals surface area contributed by atoms with Crippen molar-refractivity contribution >= 4 is 21.8 Å². The highest BCUT2D eigenvalue weighted by Gasteiger charge is 2.42. The fourth-order valence-corrected chi connectivity index (χ4v) is 3.83. The zero-order chi connectivity index (χ0) is 20.9. The molecule has 0 spiro atoms. The van der Waals surface area contributed by atoms with Crippen molar-refractivity contribution in [3.05, 3.63) is 96.1 Å². The van der Waals surface area contributed by atoms with Gasteiger partial charge < -0.3 is 4.98 Å². The fraction of sp³-hybridized carbons (Fsp3) is 0.0870. The number of halogens is 4. The number of aromatic nitrogens is 3. The van der Waals surface area contributed by atoms with Gasteiger partial charge in [-0.25, -0.2) is 9.07 Å². The van der Waals surface area contributed by atoms with Crippen molar-refractivity contribution in [3.63, 3.8) is 0 Å². The van der Waals surface area contributed by atoms with Gasteiger partial charge in [0.1, 0.15) is 11.7 Å². The highest BCUT2D eigenvalue weighted by molar-refractivity contribution is 5.82. The van der Waals surface area contributed by atoms with Crippen LogP contribution in [0.3, 0.4) is 0 Å². The van der Waals surface area contributed by atoms with Crippen molar-refractivity contribution in [1.29, 1.82) is 0 Å². The van der Waals surface area contributed by atoms with E-state index in [0.717, 1.165) is 5.39 Å². The molecule has 1 unspecified atom stereocenters. The van der Waals surface area contributed by atoms with E-state index in [1.54, 1.807) is 41.2 Å². The molecule has 0 amide bonds. The van der Waals surface area contributed by atoms with Gasteiger partial charge in [-0.05, 0) is 65.0 Å². The van der Waals surface area contributed by atoms with Crippen LogP contribution in [0, 0.1) is 5.82 Å². The lowest BCUT2D eigenvalue weighted by Gasteiger charge is -2.21. The second-order valence-corrected chi connectivity index (χ2v) is 7.15. The molecule has 0 radical (unpaired) electrons. The Morgan fingerprint density at radius 3 is 2.33 bits per heavy atom. The van der Waals surface area contributed by atoms with Gasteiger partial charge in [0.2, 0.25) is 0 Å². The predicted octanol–water partition coefficient (Wildman–Crippen LogP) is 6.34. The monoisotopic (exact) mass is 409 g/mol. The molecule has 1 N–H and O–H groups in total. The molecular formula is C23H15F4N3. The number of fused-ring (bicyclic) bond motifs is 2. The maximum Gasteiger partial charge on any atom is 0.399 e. The molecule has 0 aliphatic heterocycles. The molecule has 7 heteroatoms. The molecule has 1 atom stereocenters. The van der Waals surface area contributed by atoms with Crippen LogP contribution in [0.1, 0.15) is 17.0 Å². The molecule has 2 aromatic heterocycles. The summed E-state index contributed by atoms with van der Waals surface area (Å²) in [4.78, 5) is 2.97. The largest absolute Gasteiger partial charge is 0.399 e. The lowest BCUT2D eigenvalue weighted by Crippen LogP contribution is -2.22. The Labute approximate surface area is 168 Å². The Kier molecular flexibility index (Phi) is 4.13. The Morgan fingerprint density at radius 1 is 0.833 bits per heavy atom. The lowest BCUT2D eigenvalue weighted by molar-refractivity contribution is -0.141. The molecule has 5 aromatic rings. The first kappa shape index (κ1) is 18.4. The molecule has 0 aliphatic carbocycles. The summed E-state index contributed by atoms with van der Waals surface area (Å²) in [6, 6.07) is 16.9. The van der Waals surface area contributed by atoms with E-state index in [9.17, 15) is 17.6 Å². The third-order valence-electron chi connectivity index (χ3n) is 5.24. The SMILES string of the molecule is Fc1ccc(-n2ncc3cc(C(c4ccc5cc[nH]c5c4)C(F)(F)F)ccc32)cc1. The number of alkyl halides is 3. The van der Waals surface area contributed by atoms with Crippen molar-refractivity contribution in [1.82, 2.24) is 14.8 Å². The van der Waals surface area contributed by atoms with Gasteiger partial charge in [0.05, 0.1) is 17.4 Å². The van der Waals surface area contributed by atoms with E-state index < -0.39 is 12.1 Å². The highest BCUT2D eigenvalue weighted by Crippen LogP contribution is 2.41. The fourth-order valence-electron chi connectivity index (χ4n) is 3.83. The summed E-state index contributed by atoms with van der Waals surface area (Å²) in [6.07, 6.45) is -1.24. The first-order chi connectivity index (χ1) is 14.4. The smallest absolute Gasteiger partial charge is 0.361 e. The normalized spacial score (nSPS) is 13.2. The van der Waals surface area contributed by atoms with Crippen LogP contribution in [0.5, 0.6) is 0 Å². The van der Waals surface area contributed by atoms with Gasteiger partial charge in [0, 0.05) is 17.1 Å². The van der Waals surface area contributed by atoms with Gasteiger partial charge in [-0.3, -0.25) is 0 Å². The van der Waals surface area contributed by atoms with E-state index in [0.29, 0.717) is 22.1 Å². The molecule has 0 aliphatic rings. The molecule has 0 bridgehead atoms. The first-order valence-corrected chi connectivity index (χ1v) is 9.27. The summed E-state index contributed by atoms with van der Waals surface area (Å²) in [7, 11) is 0. The molecule has 0 fully saturated rings. The van der Waals surface area contributed by atoms with E-state index in [1.165, 1.54) is 36.5 Å². The van der Waals surface area contributed by atoms with Crippen molar-refractivity contribution in [2.45, 2.75) is 12.1 Å². The van der Waals surface area contributed by atoms with Crippen LogP contribution in [0.25, 0.3) is 27.5 Å². The number of benzene rings is 3. The molecule has 3 nitrogen and oxygen atoms in total. The zero-order valence-corrected chi connectivity index (χ0v) is 15.5. The molecule has 0 saturated heterocycles. The zero-order valence-electron chi connectivity index (χ0n) is 15.5. The third kappa shape index (κ3) is 3.12. The van der Waals surface area contributed by atoms with Crippen LogP contribution in [0.4, 0.5) is 17.6 Å². The number of hydrogen-bond acceptors (Lipinski definition) is 1. The molecule has 30 heavy (non-hydrogen) atoms. The molecular weight excluding hydrogens is 394 g/mol. The average molecular weight is 409 g/mol. The van der Waals surface area contributed by atoms with Crippen molar-refractivity contribution in [2.75, 3.05) is 0 Å². The number of H-pyrrole nitrogens is 1. The Hall–Kier alpha value is -3.61. The van der Waals surface area contributed by atoms with Crippen LogP contribution in [-0.2, 0) is 0 Å². The first-order valence-electron chi connectivity index (χ1n) is 9.27. The van der Waals surface area contributed by atoms with Gasteiger partial charge in [-0.2, -0.15) is 18.3 Å². The number of aromatic amines is 1. The van der Waals surface area contributed by atoms with Crippen molar-refractivity contribution < 1.29 is 17.6 Å². The van der Waals surface area contributed by atoms with Gasteiger partial charge in [-0.15, -0.1) is 0 Å². The topological polar surface area (TPSA) is 33.6 Å².